The second kappa shape index (κ2) is 6.29. The minimum atomic E-state index is -0.122. The highest BCUT2D eigenvalue weighted by Crippen LogP contribution is 2.27. The van der Waals surface area contributed by atoms with Gasteiger partial charge in [-0.2, -0.15) is 0 Å². The van der Waals surface area contributed by atoms with Crippen LogP contribution in [0.25, 0.3) is 0 Å². The van der Waals surface area contributed by atoms with Gasteiger partial charge in [0.05, 0.1) is 17.3 Å². The number of benzene rings is 2. The summed E-state index contributed by atoms with van der Waals surface area (Å²) in [6.07, 6.45) is 0. The monoisotopic (exact) mass is 353 g/mol. The molecule has 20 heavy (non-hydrogen) atoms. The minimum absolute atomic E-state index is 0.122. The van der Waals surface area contributed by atoms with Gasteiger partial charge >= 0.3 is 0 Å². The lowest BCUT2D eigenvalue weighted by Gasteiger charge is -2.08. The molecule has 0 aliphatic heterocycles. The van der Waals surface area contributed by atoms with E-state index in [1.54, 1.807) is 36.4 Å². The molecule has 0 bridgehead atoms. The number of halogens is 2. The molecule has 0 atom stereocenters. The summed E-state index contributed by atoms with van der Waals surface area (Å²) in [5, 5.41) is 0.437. The number of hydrogen-bond donors (Lipinski definition) is 1. The van der Waals surface area contributed by atoms with E-state index < -0.39 is 0 Å². The van der Waals surface area contributed by atoms with Crippen molar-refractivity contribution in [2.45, 2.75) is 6.92 Å². The molecule has 2 N–H and O–H groups in total. The maximum Gasteiger partial charge on any atom is 0.194 e. The Kier molecular flexibility index (Phi) is 4.68. The molecule has 5 heteroatoms. The lowest BCUT2D eigenvalue weighted by Crippen LogP contribution is -2.04. The third-order valence-electron chi connectivity index (χ3n) is 2.75. The number of nitrogens with two attached hydrogens (primary N) is 1. The number of rotatable bonds is 4. The van der Waals surface area contributed by atoms with Crippen molar-refractivity contribution in [2.75, 3.05) is 12.3 Å². The molecule has 0 amide bonds. The van der Waals surface area contributed by atoms with Crippen molar-refractivity contribution in [2.24, 2.45) is 0 Å². The highest BCUT2D eigenvalue weighted by Gasteiger charge is 2.14. The zero-order valence-electron chi connectivity index (χ0n) is 10.8. The molecule has 0 aliphatic carbocycles. The highest BCUT2D eigenvalue weighted by molar-refractivity contribution is 9.10. The SMILES string of the molecule is CCOc1ccc(C(=O)c2ccc(Cl)c(N)c2)c(Br)c1. The molecule has 3 nitrogen and oxygen atoms in total. The zero-order chi connectivity index (χ0) is 14.7. The molecule has 2 aromatic carbocycles. The fraction of sp³-hybridized carbons (Fsp3) is 0.133. The van der Waals surface area contributed by atoms with E-state index in [2.05, 4.69) is 15.9 Å². The van der Waals surface area contributed by atoms with Crippen molar-refractivity contribution in [3.8, 4) is 5.75 Å². The largest absolute Gasteiger partial charge is 0.494 e. The summed E-state index contributed by atoms with van der Waals surface area (Å²) in [6, 6.07) is 10.1. The molecule has 0 saturated heterocycles. The predicted molar refractivity (Wildman–Crippen MR) is 84.6 cm³/mol. The Balaban J connectivity index is 2.35. The third kappa shape index (κ3) is 3.14. The topological polar surface area (TPSA) is 52.3 Å². The second-order valence-electron chi connectivity index (χ2n) is 4.14. The average molecular weight is 355 g/mol. The van der Waals surface area contributed by atoms with Crippen LogP contribution in [0.15, 0.2) is 40.9 Å². The van der Waals surface area contributed by atoms with Gasteiger partial charge in [0.15, 0.2) is 5.78 Å². The summed E-state index contributed by atoms with van der Waals surface area (Å²) >= 11 is 9.25. The maximum atomic E-state index is 12.4. The van der Waals surface area contributed by atoms with Crippen LogP contribution in [-0.2, 0) is 0 Å². The van der Waals surface area contributed by atoms with Gasteiger partial charge in [-0.1, -0.05) is 11.6 Å². The van der Waals surface area contributed by atoms with E-state index in [0.29, 0.717) is 38.7 Å². The number of carbonyl (C=O) groups excluding carboxylic acids is 1. The molecule has 0 aliphatic rings. The van der Waals surface area contributed by atoms with Gasteiger partial charge in [-0.3, -0.25) is 4.79 Å². The highest BCUT2D eigenvalue weighted by atomic mass is 79.9. The van der Waals surface area contributed by atoms with Crippen molar-refractivity contribution in [1.29, 1.82) is 0 Å². The zero-order valence-corrected chi connectivity index (χ0v) is 13.2. The number of nitrogen functional groups attached to an aromatic ring is 1. The summed E-state index contributed by atoms with van der Waals surface area (Å²) in [7, 11) is 0. The quantitative estimate of drug-likeness (QED) is 0.657. The van der Waals surface area contributed by atoms with E-state index in [0.717, 1.165) is 0 Å². The number of carbonyl (C=O) groups is 1. The number of hydrogen-bond acceptors (Lipinski definition) is 3. The first-order valence-electron chi connectivity index (χ1n) is 6.05. The summed E-state index contributed by atoms with van der Waals surface area (Å²) in [5.74, 6) is 0.592. The van der Waals surface area contributed by atoms with E-state index in [1.165, 1.54) is 0 Å². The van der Waals surface area contributed by atoms with Crippen LogP contribution < -0.4 is 10.5 Å². The van der Waals surface area contributed by atoms with Gasteiger partial charge in [-0.05, 0) is 59.3 Å². The van der Waals surface area contributed by atoms with Crippen LogP contribution in [0.3, 0.4) is 0 Å². The molecule has 2 rings (SSSR count). The Bertz CT molecular complexity index is 658. The van der Waals surface area contributed by atoms with E-state index in [-0.39, 0.29) is 5.78 Å². The Morgan fingerprint density at radius 1 is 1.30 bits per heavy atom. The second-order valence-corrected chi connectivity index (χ2v) is 5.40. The molecule has 0 spiro atoms. The number of anilines is 1. The van der Waals surface area contributed by atoms with Gasteiger partial charge in [0, 0.05) is 15.6 Å². The Labute approximate surface area is 130 Å². The lowest BCUT2D eigenvalue weighted by molar-refractivity contribution is 0.103. The van der Waals surface area contributed by atoms with Crippen molar-refractivity contribution < 1.29 is 9.53 Å². The normalized spacial score (nSPS) is 10.3. The maximum absolute atomic E-state index is 12.4. The summed E-state index contributed by atoms with van der Waals surface area (Å²) in [6.45, 7) is 2.48. The van der Waals surface area contributed by atoms with Gasteiger partial charge in [-0.25, -0.2) is 0 Å². The number of ketones is 1. The van der Waals surface area contributed by atoms with Crippen LogP contribution >= 0.6 is 27.5 Å². The third-order valence-corrected chi connectivity index (χ3v) is 3.75. The van der Waals surface area contributed by atoms with Crippen molar-refractivity contribution in [3.63, 3.8) is 0 Å². The molecule has 0 unspecified atom stereocenters. The fourth-order valence-electron chi connectivity index (χ4n) is 1.78. The Morgan fingerprint density at radius 2 is 2.05 bits per heavy atom. The van der Waals surface area contributed by atoms with E-state index in [9.17, 15) is 4.79 Å². The van der Waals surface area contributed by atoms with Crippen LogP contribution in [0.4, 0.5) is 5.69 Å². The fourth-order valence-corrected chi connectivity index (χ4v) is 2.43. The summed E-state index contributed by atoms with van der Waals surface area (Å²) in [4.78, 5) is 12.4. The van der Waals surface area contributed by atoms with Gasteiger partial charge in [-0.15, -0.1) is 0 Å². The van der Waals surface area contributed by atoms with Crippen LogP contribution in [-0.4, -0.2) is 12.4 Å². The first kappa shape index (κ1) is 14.9. The molecule has 0 saturated carbocycles. The molecular formula is C15H13BrClNO2. The molecule has 0 radical (unpaired) electrons. The van der Waals surface area contributed by atoms with Crippen molar-refractivity contribution in [3.05, 3.63) is 57.0 Å². The number of ether oxygens (including phenoxy) is 1. The minimum Gasteiger partial charge on any atom is -0.494 e. The van der Waals surface area contributed by atoms with Gasteiger partial charge in [0.1, 0.15) is 5.75 Å². The van der Waals surface area contributed by atoms with Crippen LogP contribution in [0, 0.1) is 0 Å². The van der Waals surface area contributed by atoms with Gasteiger partial charge in [0.2, 0.25) is 0 Å². The molecule has 2 aromatic rings. The van der Waals surface area contributed by atoms with E-state index >= 15 is 0 Å². The van der Waals surface area contributed by atoms with Crippen LogP contribution in [0.1, 0.15) is 22.8 Å². The van der Waals surface area contributed by atoms with E-state index in [4.69, 9.17) is 22.1 Å². The predicted octanol–water partition coefficient (Wildman–Crippen LogP) is 4.31. The Morgan fingerprint density at radius 3 is 2.65 bits per heavy atom. The van der Waals surface area contributed by atoms with Gasteiger partial charge in [0.25, 0.3) is 0 Å². The summed E-state index contributed by atoms with van der Waals surface area (Å²) < 4.78 is 6.07. The smallest absolute Gasteiger partial charge is 0.194 e. The first-order chi connectivity index (χ1) is 9.52. The van der Waals surface area contributed by atoms with Crippen molar-refractivity contribution in [1.82, 2.24) is 0 Å². The molecule has 0 aromatic heterocycles. The summed E-state index contributed by atoms with van der Waals surface area (Å²) in [5.41, 5.74) is 7.16. The first-order valence-corrected chi connectivity index (χ1v) is 7.22. The molecule has 0 heterocycles. The molecule has 104 valence electrons. The van der Waals surface area contributed by atoms with Crippen LogP contribution in [0.2, 0.25) is 5.02 Å². The van der Waals surface area contributed by atoms with Crippen molar-refractivity contribution >= 4 is 39.0 Å². The van der Waals surface area contributed by atoms with E-state index in [1.807, 2.05) is 6.92 Å². The molecular weight excluding hydrogens is 342 g/mol. The average Bonchev–Trinajstić information content (AvgIpc) is 2.42. The van der Waals surface area contributed by atoms with Gasteiger partial charge < -0.3 is 10.5 Å². The molecule has 0 fully saturated rings. The Hall–Kier alpha value is -1.52. The lowest BCUT2D eigenvalue weighted by atomic mass is 10.0. The van der Waals surface area contributed by atoms with Crippen LogP contribution in [0.5, 0.6) is 5.75 Å². The standard InChI is InChI=1S/C15H13BrClNO2/c1-2-20-10-4-5-11(12(16)8-10)15(19)9-3-6-13(17)14(18)7-9/h3-8H,2,18H2,1H3.